The number of aromatic hydroxyl groups is 1. The molecule has 0 saturated carbocycles. The molecule has 0 radical (unpaired) electrons. The van der Waals surface area contributed by atoms with Crippen molar-refractivity contribution in [3.63, 3.8) is 0 Å². The molecule has 0 aliphatic carbocycles. The van der Waals surface area contributed by atoms with Crippen LogP contribution in [0.15, 0.2) is 16.6 Å². The molecule has 1 saturated heterocycles. The number of hydrogen-bond acceptors (Lipinski definition) is 4. The van der Waals surface area contributed by atoms with E-state index in [1.165, 1.54) is 19.2 Å². The Labute approximate surface area is 149 Å². The van der Waals surface area contributed by atoms with Crippen molar-refractivity contribution in [1.29, 1.82) is 0 Å². The summed E-state index contributed by atoms with van der Waals surface area (Å²) in [5.41, 5.74) is 0.434. The van der Waals surface area contributed by atoms with Crippen LogP contribution in [0.3, 0.4) is 0 Å². The maximum Gasteiger partial charge on any atom is 0.258 e. The second-order valence-electron chi connectivity index (χ2n) is 4.62. The molecule has 1 aromatic carbocycles. The summed E-state index contributed by atoms with van der Waals surface area (Å²) < 4.78 is 32.3. The summed E-state index contributed by atoms with van der Waals surface area (Å²) in [6.07, 6.45) is -2.51. The molecule has 4 nitrogen and oxygen atoms in total. The average Bonchev–Trinajstić information content (AvgIpc) is 2.43. The van der Waals surface area contributed by atoms with E-state index in [-0.39, 0.29) is 36.3 Å². The molecule has 1 atom stereocenters. The predicted octanol–water partition coefficient (Wildman–Crippen LogP) is 3.22. The molecule has 0 unspecified atom stereocenters. The van der Waals surface area contributed by atoms with Gasteiger partial charge in [-0.1, -0.05) is 0 Å². The van der Waals surface area contributed by atoms with E-state index < -0.39 is 12.5 Å². The van der Waals surface area contributed by atoms with Crippen LogP contribution >= 0.6 is 40.7 Å². The largest absolute Gasteiger partial charge is 0.503 e. The summed E-state index contributed by atoms with van der Waals surface area (Å²) in [6, 6.07) is 2.00. The summed E-state index contributed by atoms with van der Waals surface area (Å²) in [5, 5.41) is 12.9. The number of nitrogens with one attached hydrogen (secondary N) is 1. The molecular weight excluding hydrogens is 405 g/mol. The normalized spacial score (nSPS) is 16.6. The number of piperazine rings is 1. The van der Waals surface area contributed by atoms with Crippen molar-refractivity contribution < 1.29 is 18.6 Å². The first kappa shape index (κ1) is 21.7. The monoisotopic (exact) mass is 422 g/mol. The third-order valence-corrected chi connectivity index (χ3v) is 4.00. The van der Waals surface area contributed by atoms with Crippen molar-refractivity contribution in [2.45, 2.75) is 12.5 Å². The number of phenolic OH excluding ortho intramolecular Hbond substituents is 1. The summed E-state index contributed by atoms with van der Waals surface area (Å²) in [6.45, 7) is 2.52. The quantitative estimate of drug-likeness (QED) is 0.780. The van der Waals surface area contributed by atoms with Gasteiger partial charge < -0.3 is 15.2 Å². The number of ether oxygens (including phenoxy) is 1. The van der Waals surface area contributed by atoms with Crippen LogP contribution in [0.2, 0.25) is 0 Å². The van der Waals surface area contributed by atoms with E-state index >= 15 is 0 Å². The molecule has 2 N–H and O–H groups in total. The standard InChI is InChI=1S/C13H17BrF2N2O2.2ClH/c1-20-10-7-8(6-9(14)12(10)19)11(13(15)16)18-4-2-17-3-5-18;;/h6-7,11,13,17,19H,2-5H2,1H3;2*1H/t11-;;/m1../s1. The first-order valence-electron chi connectivity index (χ1n) is 6.34. The number of nitrogens with zero attached hydrogens (tertiary/aromatic N) is 1. The van der Waals surface area contributed by atoms with E-state index in [9.17, 15) is 13.9 Å². The molecule has 128 valence electrons. The summed E-state index contributed by atoms with van der Waals surface area (Å²) in [7, 11) is 1.40. The van der Waals surface area contributed by atoms with Gasteiger partial charge in [0, 0.05) is 26.2 Å². The molecule has 0 spiro atoms. The highest BCUT2D eigenvalue weighted by Crippen LogP contribution is 2.39. The lowest BCUT2D eigenvalue weighted by atomic mass is 10.0. The Kier molecular flexibility index (Phi) is 9.57. The Bertz CT molecular complexity index is 478. The van der Waals surface area contributed by atoms with Crippen LogP contribution in [-0.4, -0.2) is 49.7 Å². The fourth-order valence-corrected chi connectivity index (χ4v) is 2.86. The van der Waals surface area contributed by atoms with Crippen LogP contribution in [0.1, 0.15) is 11.6 Å². The number of halogens is 5. The number of alkyl halides is 2. The number of methoxy groups -OCH3 is 1. The van der Waals surface area contributed by atoms with Crippen LogP contribution in [0, 0.1) is 0 Å². The molecule has 1 aliphatic heterocycles. The van der Waals surface area contributed by atoms with E-state index in [0.29, 0.717) is 36.2 Å². The van der Waals surface area contributed by atoms with E-state index in [1.54, 1.807) is 4.90 Å². The lowest BCUT2D eigenvalue weighted by molar-refractivity contribution is 0.0180. The van der Waals surface area contributed by atoms with Gasteiger partial charge in [0.05, 0.1) is 17.6 Å². The minimum atomic E-state index is -2.51. The van der Waals surface area contributed by atoms with E-state index in [4.69, 9.17) is 4.74 Å². The van der Waals surface area contributed by atoms with Crippen molar-refractivity contribution >= 4 is 40.7 Å². The van der Waals surface area contributed by atoms with Gasteiger partial charge in [0.15, 0.2) is 11.5 Å². The molecule has 0 bridgehead atoms. The van der Waals surface area contributed by atoms with Crippen molar-refractivity contribution in [1.82, 2.24) is 10.2 Å². The molecule has 1 aliphatic rings. The highest BCUT2D eigenvalue weighted by molar-refractivity contribution is 9.10. The van der Waals surface area contributed by atoms with Crippen LogP contribution in [-0.2, 0) is 0 Å². The van der Waals surface area contributed by atoms with Crippen molar-refractivity contribution in [3.05, 3.63) is 22.2 Å². The maximum atomic E-state index is 13.5. The molecule has 22 heavy (non-hydrogen) atoms. The van der Waals surface area contributed by atoms with Crippen LogP contribution in [0.25, 0.3) is 0 Å². The lowest BCUT2D eigenvalue weighted by Crippen LogP contribution is -2.46. The zero-order valence-corrected chi connectivity index (χ0v) is 15.1. The Morgan fingerprint density at radius 3 is 2.36 bits per heavy atom. The molecule has 1 heterocycles. The highest BCUT2D eigenvalue weighted by Gasteiger charge is 2.31. The molecule has 1 fully saturated rings. The van der Waals surface area contributed by atoms with Gasteiger partial charge in [-0.25, -0.2) is 8.78 Å². The highest BCUT2D eigenvalue weighted by atomic mass is 79.9. The topological polar surface area (TPSA) is 44.7 Å². The SMILES string of the molecule is COc1cc([C@H](C(F)F)N2CCNCC2)cc(Br)c1O.Cl.Cl. The molecule has 2 rings (SSSR count). The minimum absolute atomic E-state index is 0. The van der Waals surface area contributed by atoms with Gasteiger partial charge in [-0.2, -0.15) is 0 Å². The van der Waals surface area contributed by atoms with Crippen molar-refractivity contribution in [2.24, 2.45) is 0 Å². The molecule has 1 aromatic rings. The Balaban J connectivity index is 0.00000220. The van der Waals surface area contributed by atoms with Gasteiger partial charge in [-0.15, -0.1) is 24.8 Å². The molecule has 9 heteroatoms. The fourth-order valence-electron chi connectivity index (χ4n) is 2.40. The summed E-state index contributed by atoms with van der Waals surface area (Å²) in [5.74, 6) is 0.111. The van der Waals surface area contributed by atoms with E-state index in [1.807, 2.05) is 0 Å². The third kappa shape index (κ3) is 4.83. The Morgan fingerprint density at radius 1 is 1.27 bits per heavy atom. The zero-order chi connectivity index (χ0) is 14.7. The Morgan fingerprint density at radius 2 is 1.86 bits per heavy atom. The van der Waals surface area contributed by atoms with Crippen LogP contribution in [0.5, 0.6) is 11.5 Å². The molecular formula is C13H19BrCl2F2N2O2. The van der Waals surface area contributed by atoms with Gasteiger partial charge in [0.2, 0.25) is 0 Å². The van der Waals surface area contributed by atoms with Crippen molar-refractivity contribution in [2.75, 3.05) is 33.3 Å². The van der Waals surface area contributed by atoms with Gasteiger partial charge in [0.1, 0.15) is 0 Å². The Hall–Kier alpha value is -0.340. The van der Waals surface area contributed by atoms with Crippen LogP contribution in [0.4, 0.5) is 8.78 Å². The summed E-state index contributed by atoms with van der Waals surface area (Å²) >= 11 is 3.17. The van der Waals surface area contributed by atoms with E-state index in [0.717, 1.165) is 0 Å². The van der Waals surface area contributed by atoms with Gasteiger partial charge in [0.25, 0.3) is 6.43 Å². The van der Waals surface area contributed by atoms with Crippen molar-refractivity contribution in [3.8, 4) is 11.5 Å². The second-order valence-corrected chi connectivity index (χ2v) is 5.47. The fraction of sp³-hybridized carbons (Fsp3) is 0.538. The molecule has 0 aromatic heterocycles. The summed E-state index contributed by atoms with van der Waals surface area (Å²) in [4.78, 5) is 1.75. The number of rotatable bonds is 4. The predicted molar refractivity (Wildman–Crippen MR) is 90.0 cm³/mol. The number of hydrogen-bond donors (Lipinski definition) is 2. The third-order valence-electron chi connectivity index (χ3n) is 3.40. The average molecular weight is 424 g/mol. The molecule has 0 amide bonds. The lowest BCUT2D eigenvalue weighted by Gasteiger charge is -2.34. The first-order valence-corrected chi connectivity index (χ1v) is 7.13. The second kappa shape index (κ2) is 9.72. The maximum absolute atomic E-state index is 13.5. The van der Waals surface area contributed by atoms with E-state index in [2.05, 4.69) is 21.2 Å². The number of phenols is 1. The number of benzene rings is 1. The van der Waals surface area contributed by atoms with Crippen LogP contribution < -0.4 is 10.1 Å². The first-order chi connectivity index (χ1) is 9.54. The minimum Gasteiger partial charge on any atom is -0.503 e. The zero-order valence-electron chi connectivity index (χ0n) is 11.9. The van der Waals surface area contributed by atoms with Gasteiger partial charge >= 0.3 is 0 Å². The smallest absolute Gasteiger partial charge is 0.258 e. The van der Waals surface area contributed by atoms with Gasteiger partial charge in [-0.3, -0.25) is 4.90 Å². The van der Waals surface area contributed by atoms with Gasteiger partial charge in [-0.05, 0) is 33.6 Å².